The molecule has 3 heteroatoms. The zero-order chi connectivity index (χ0) is 9.84. The van der Waals surface area contributed by atoms with Crippen LogP contribution in [-0.2, 0) is 0 Å². The Morgan fingerprint density at radius 3 is 2.77 bits per heavy atom. The molecule has 0 saturated carbocycles. The van der Waals surface area contributed by atoms with E-state index in [0.29, 0.717) is 24.2 Å². The fraction of sp³-hybridized carbons (Fsp3) is 0.300. The molecule has 0 bridgehead atoms. The monoisotopic (exact) mass is 182 g/mol. The number of rotatable bonds is 3. The number of aldehydes is 1. The standard InChI is InChI=1S/C10H11FO2/c1-3-13-9-5-4-7(2)10(11)8(9)6-12/h4-6H,3H2,1-2H3. The molecule has 0 amide bonds. The van der Waals surface area contributed by atoms with Crippen molar-refractivity contribution in [1.29, 1.82) is 0 Å². The maximum atomic E-state index is 13.3. The number of carbonyl (C=O) groups excluding carboxylic acids is 1. The molecule has 13 heavy (non-hydrogen) atoms. The van der Waals surface area contributed by atoms with E-state index < -0.39 is 5.82 Å². The molecule has 70 valence electrons. The molecular weight excluding hydrogens is 171 g/mol. The quantitative estimate of drug-likeness (QED) is 0.670. The second kappa shape index (κ2) is 4.03. The van der Waals surface area contributed by atoms with Crippen molar-refractivity contribution >= 4 is 6.29 Å². The number of benzene rings is 1. The van der Waals surface area contributed by atoms with Crippen molar-refractivity contribution in [3.63, 3.8) is 0 Å². The molecule has 0 fully saturated rings. The number of carbonyl (C=O) groups is 1. The largest absolute Gasteiger partial charge is 0.493 e. The Labute approximate surface area is 76.3 Å². The van der Waals surface area contributed by atoms with Gasteiger partial charge in [-0.3, -0.25) is 4.79 Å². The van der Waals surface area contributed by atoms with Crippen LogP contribution < -0.4 is 4.74 Å². The first-order valence-electron chi connectivity index (χ1n) is 4.07. The van der Waals surface area contributed by atoms with Crippen LogP contribution in [0.3, 0.4) is 0 Å². The maximum Gasteiger partial charge on any atom is 0.156 e. The van der Waals surface area contributed by atoms with E-state index in [4.69, 9.17) is 4.74 Å². The van der Waals surface area contributed by atoms with Crippen LogP contribution in [0.25, 0.3) is 0 Å². The Hall–Kier alpha value is -1.38. The highest BCUT2D eigenvalue weighted by molar-refractivity contribution is 5.80. The fourth-order valence-electron chi connectivity index (χ4n) is 1.08. The van der Waals surface area contributed by atoms with Crippen LogP contribution in [0.5, 0.6) is 5.75 Å². The molecule has 0 heterocycles. The van der Waals surface area contributed by atoms with Gasteiger partial charge in [0.15, 0.2) is 6.29 Å². The molecule has 1 aromatic rings. The minimum atomic E-state index is -0.499. The summed E-state index contributed by atoms with van der Waals surface area (Å²) in [7, 11) is 0. The second-order valence-corrected chi connectivity index (χ2v) is 2.66. The van der Waals surface area contributed by atoms with E-state index in [2.05, 4.69) is 0 Å². The number of hydrogen-bond donors (Lipinski definition) is 0. The van der Waals surface area contributed by atoms with Gasteiger partial charge in [-0.2, -0.15) is 0 Å². The highest BCUT2D eigenvalue weighted by Gasteiger charge is 2.10. The second-order valence-electron chi connectivity index (χ2n) is 2.66. The molecule has 0 aliphatic heterocycles. The molecular formula is C10H11FO2. The van der Waals surface area contributed by atoms with Crippen LogP contribution in [0, 0.1) is 12.7 Å². The van der Waals surface area contributed by atoms with E-state index in [0.717, 1.165) is 0 Å². The first-order chi connectivity index (χ1) is 6.20. The Kier molecular flexibility index (Phi) is 3.01. The molecule has 0 N–H and O–H groups in total. The molecule has 0 aromatic heterocycles. The van der Waals surface area contributed by atoms with Crippen molar-refractivity contribution in [2.75, 3.05) is 6.61 Å². The van der Waals surface area contributed by atoms with Crippen molar-refractivity contribution in [2.24, 2.45) is 0 Å². The molecule has 0 spiro atoms. The normalized spacial score (nSPS) is 9.77. The summed E-state index contributed by atoms with van der Waals surface area (Å²) in [4.78, 5) is 10.6. The summed E-state index contributed by atoms with van der Waals surface area (Å²) in [6, 6.07) is 3.19. The van der Waals surface area contributed by atoms with Gasteiger partial charge in [-0.1, -0.05) is 6.07 Å². The lowest BCUT2D eigenvalue weighted by Crippen LogP contribution is -1.99. The van der Waals surface area contributed by atoms with Crippen LogP contribution in [0.2, 0.25) is 0 Å². The van der Waals surface area contributed by atoms with E-state index in [1.807, 2.05) is 0 Å². The highest BCUT2D eigenvalue weighted by Crippen LogP contribution is 2.22. The third kappa shape index (κ3) is 1.86. The molecule has 0 saturated heterocycles. The number of hydrogen-bond acceptors (Lipinski definition) is 2. The zero-order valence-corrected chi connectivity index (χ0v) is 7.63. The SMILES string of the molecule is CCOc1ccc(C)c(F)c1C=O. The lowest BCUT2D eigenvalue weighted by molar-refractivity contribution is 0.111. The van der Waals surface area contributed by atoms with Crippen LogP contribution >= 0.6 is 0 Å². The van der Waals surface area contributed by atoms with Gasteiger partial charge in [0.05, 0.1) is 12.2 Å². The molecule has 0 radical (unpaired) electrons. The first kappa shape index (κ1) is 9.71. The topological polar surface area (TPSA) is 26.3 Å². The third-order valence-corrected chi connectivity index (χ3v) is 1.75. The number of aryl methyl sites for hydroxylation is 1. The van der Waals surface area contributed by atoms with E-state index >= 15 is 0 Å². The fourth-order valence-corrected chi connectivity index (χ4v) is 1.08. The van der Waals surface area contributed by atoms with Gasteiger partial charge >= 0.3 is 0 Å². The Morgan fingerprint density at radius 2 is 2.23 bits per heavy atom. The van der Waals surface area contributed by atoms with E-state index in [1.165, 1.54) is 0 Å². The average Bonchev–Trinajstić information content (AvgIpc) is 2.12. The van der Waals surface area contributed by atoms with E-state index in [-0.39, 0.29) is 5.56 Å². The lowest BCUT2D eigenvalue weighted by atomic mass is 10.1. The van der Waals surface area contributed by atoms with Crippen molar-refractivity contribution in [3.05, 3.63) is 29.1 Å². The van der Waals surface area contributed by atoms with Crippen LogP contribution in [0.1, 0.15) is 22.8 Å². The summed E-state index contributed by atoms with van der Waals surface area (Å²) in [5.74, 6) is -0.193. The van der Waals surface area contributed by atoms with Gasteiger partial charge in [0.25, 0.3) is 0 Å². The van der Waals surface area contributed by atoms with Gasteiger partial charge in [-0.25, -0.2) is 4.39 Å². The minimum absolute atomic E-state index is 0.00171. The maximum absolute atomic E-state index is 13.3. The van der Waals surface area contributed by atoms with E-state index in [1.54, 1.807) is 26.0 Å². The Morgan fingerprint density at radius 1 is 1.54 bits per heavy atom. The molecule has 0 atom stereocenters. The van der Waals surface area contributed by atoms with E-state index in [9.17, 15) is 9.18 Å². The van der Waals surface area contributed by atoms with Crippen molar-refractivity contribution < 1.29 is 13.9 Å². The zero-order valence-electron chi connectivity index (χ0n) is 7.63. The third-order valence-electron chi connectivity index (χ3n) is 1.75. The summed E-state index contributed by atoms with van der Waals surface area (Å²) in [6.07, 6.45) is 0.479. The molecule has 0 unspecified atom stereocenters. The summed E-state index contributed by atoms with van der Waals surface area (Å²) >= 11 is 0. The number of halogens is 1. The highest BCUT2D eigenvalue weighted by atomic mass is 19.1. The predicted octanol–water partition coefficient (Wildman–Crippen LogP) is 2.35. The summed E-state index contributed by atoms with van der Waals surface area (Å²) in [6.45, 7) is 3.81. The van der Waals surface area contributed by atoms with Crippen LogP contribution in [0.15, 0.2) is 12.1 Å². The molecule has 1 aromatic carbocycles. The molecule has 1 rings (SSSR count). The molecule has 0 aliphatic rings. The minimum Gasteiger partial charge on any atom is -0.493 e. The van der Waals surface area contributed by atoms with Crippen LogP contribution in [-0.4, -0.2) is 12.9 Å². The summed E-state index contributed by atoms with van der Waals surface area (Å²) in [5, 5.41) is 0. The van der Waals surface area contributed by atoms with Gasteiger partial charge < -0.3 is 4.74 Å². The Balaban J connectivity index is 3.21. The van der Waals surface area contributed by atoms with Crippen molar-refractivity contribution in [3.8, 4) is 5.75 Å². The first-order valence-corrected chi connectivity index (χ1v) is 4.07. The van der Waals surface area contributed by atoms with Gasteiger partial charge in [0.1, 0.15) is 11.6 Å². The predicted molar refractivity (Wildman–Crippen MR) is 47.7 cm³/mol. The van der Waals surface area contributed by atoms with Gasteiger partial charge in [0.2, 0.25) is 0 Å². The molecule has 0 aliphatic carbocycles. The van der Waals surface area contributed by atoms with Gasteiger partial charge in [0, 0.05) is 0 Å². The Bertz CT molecular complexity index is 321. The molecule has 2 nitrogen and oxygen atoms in total. The van der Waals surface area contributed by atoms with Crippen molar-refractivity contribution in [2.45, 2.75) is 13.8 Å². The smallest absolute Gasteiger partial charge is 0.156 e. The number of ether oxygens (including phenoxy) is 1. The van der Waals surface area contributed by atoms with Gasteiger partial charge in [-0.15, -0.1) is 0 Å². The van der Waals surface area contributed by atoms with Crippen molar-refractivity contribution in [1.82, 2.24) is 0 Å². The summed E-state index contributed by atoms with van der Waals surface area (Å²) < 4.78 is 18.4. The van der Waals surface area contributed by atoms with Crippen LogP contribution in [0.4, 0.5) is 4.39 Å². The van der Waals surface area contributed by atoms with Gasteiger partial charge in [-0.05, 0) is 25.5 Å². The summed E-state index contributed by atoms with van der Waals surface area (Å²) in [5.41, 5.74) is 0.451. The average molecular weight is 182 g/mol. The lowest BCUT2D eigenvalue weighted by Gasteiger charge is -2.07.